The Labute approximate surface area is 167 Å². The van der Waals surface area contributed by atoms with Gasteiger partial charge in [0.1, 0.15) is 5.82 Å². The Morgan fingerprint density at radius 2 is 2.07 bits per heavy atom. The van der Waals surface area contributed by atoms with Crippen LogP contribution in [-0.2, 0) is 6.42 Å². The molecule has 0 radical (unpaired) electrons. The topological polar surface area (TPSA) is 39.7 Å². The molecule has 27 heavy (non-hydrogen) atoms. The van der Waals surface area contributed by atoms with Crippen molar-refractivity contribution in [3.63, 3.8) is 0 Å². The van der Waals surface area contributed by atoms with Gasteiger partial charge >= 0.3 is 0 Å². The van der Waals surface area contributed by atoms with Crippen molar-refractivity contribution in [3.8, 4) is 0 Å². The minimum Gasteiger partial charge on any atom is -0.357 e. The number of alkyl halides is 2. The van der Waals surface area contributed by atoms with E-state index in [2.05, 4.69) is 31.6 Å². The molecule has 2 rings (SSSR count). The van der Waals surface area contributed by atoms with Crippen LogP contribution in [0, 0.1) is 5.82 Å². The van der Waals surface area contributed by atoms with Gasteiger partial charge in [0.15, 0.2) is 5.96 Å². The molecule has 152 valence electrons. The second-order valence-corrected chi connectivity index (χ2v) is 7.63. The molecule has 1 aliphatic rings. The van der Waals surface area contributed by atoms with Crippen LogP contribution in [0.25, 0.3) is 0 Å². The van der Waals surface area contributed by atoms with E-state index in [1.54, 1.807) is 11.0 Å². The lowest BCUT2D eigenvalue weighted by molar-refractivity contribution is 0.0744. The van der Waals surface area contributed by atoms with Crippen LogP contribution in [0.4, 0.5) is 13.2 Å². The molecule has 1 saturated heterocycles. The van der Waals surface area contributed by atoms with E-state index >= 15 is 0 Å². The first kappa shape index (κ1) is 22.0. The van der Waals surface area contributed by atoms with Crippen LogP contribution in [-0.4, -0.2) is 56.1 Å². The van der Waals surface area contributed by atoms with Crippen LogP contribution in [0.5, 0.6) is 0 Å². The van der Waals surface area contributed by atoms with Crippen LogP contribution in [0.2, 0.25) is 0 Å². The number of halogens is 4. The van der Waals surface area contributed by atoms with Gasteiger partial charge in [-0.2, -0.15) is 0 Å². The van der Waals surface area contributed by atoms with Gasteiger partial charge in [-0.05, 0) is 50.3 Å². The Morgan fingerprint density at radius 1 is 1.33 bits per heavy atom. The molecule has 1 aromatic rings. The minimum atomic E-state index is -2.27. The summed E-state index contributed by atoms with van der Waals surface area (Å²) in [5.74, 6) is 0.537. The molecular formula is C19H28BrF3N4. The third-order valence-corrected chi connectivity index (χ3v) is 5.05. The highest BCUT2D eigenvalue weighted by Gasteiger charge is 2.21. The molecule has 0 saturated carbocycles. The fraction of sp³-hybridized carbons (Fsp3) is 0.632. The van der Waals surface area contributed by atoms with Gasteiger partial charge in [-0.25, -0.2) is 13.2 Å². The van der Waals surface area contributed by atoms with Gasteiger partial charge in [-0.1, -0.05) is 22.0 Å². The maximum atomic E-state index is 13.8. The predicted molar refractivity (Wildman–Crippen MR) is 107 cm³/mol. The van der Waals surface area contributed by atoms with Gasteiger partial charge in [0, 0.05) is 36.7 Å². The minimum absolute atomic E-state index is 0.145. The van der Waals surface area contributed by atoms with E-state index in [9.17, 15) is 13.2 Å². The molecule has 0 atom stereocenters. The molecule has 0 amide bonds. The monoisotopic (exact) mass is 448 g/mol. The Hall–Kier alpha value is -1.28. The van der Waals surface area contributed by atoms with E-state index < -0.39 is 6.43 Å². The number of rotatable bonds is 8. The van der Waals surface area contributed by atoms with Gasteiger partial charge in [0.25, 0.3) is 6.43 Å². The summed E-state index contributed by atoms with van der Waals surface area (Å²) in [5.41, 5.74) is 0.692. The average molecular weight is 449 g/mol. The molecule has 1 fully saturated rings. The summed E-state index contributed by atoms with van der Waals surface area (Å²) in [6, 6.07) is 5.35. The van der Waals surface area contributed by atoms with Crippen LogP contribution in [0.1, 0.15) is 31.7 Å². The summed E-state index contributed by atoms with van der Waals surface area (Å²) in [6.45, 7) is 4.54. The molecule has 0 aromatic heterocycles. The standard InChI is InChI=1S/C19H28BrF3N4/c1-2-24-19(26-16-7-10-27(11-8-16)13-18(22)23)25-9-3-4-14-5-6-15(20)12-17(14)21/h5-6,12,16,18H,2-4,7-11,13H2,1H3,(H2,24,25,26). The van der Waals surface area contributed by atoms with Gasteiger partial charge < -0.3 is 10.6 Å². The average Bonchev–Trinajstić information content (AvgIpc) is 2.61. The number of piperidine rings is 1. The van der Waals surface area contributed by atoms with Crippen molar-refractivity contribution >= 4 is 21.9 Å². The van der Waals surface area contributed by atoms with Crippen molar-refractivity contribution in [2.45, 2.75) is 45.1 Å². The second-order valence-electron chi connectivity index (χ2n) is 6.71. The van der Waals surface area contributed by atoms with Crippen molar-refractivity contribution in [1.29, 1.82) is 0 Å². The van der Waals surface area contributed by atoms with Crippen molar-refractivity contribution in [1.82, 2.24) is 15.5 Å². The van der Waals surface area contributed by atoms with Crippen LogP contribution < -0.4 is 10.6 Å². The number of aryl methyl sites for hydroxylation is 1. The van der Waals surface area contributed by atoms with E-state index in [0.717, 1.165) is 36.2 Å². The first-order valence-electron chi connectivity index (χ1n) is 9.47. The normalized spacial score (nSPS) is 16.7. The molecular weight excluding hydrogens is 421 g/mol. The number of likely N-dealkylation sites (tertiary alicyclic amines) is 1. The van der Waals surface area contributed by atoms with Crippen molar-refractivity contribution in [2.24, 2.45) is 4.99 Å². The van der Waals surface area contributed by atoms with Gasteiger partial charge in [0.05, 0.1) is 6.54 Å². The Bertz CT molecular complexity index is 605. The third-order valence-electron chi connectivity index (χ3n) is 4.56. The van der Waals surface area contributed by atoms with Crippen molar-refractivity contribution in [2.75, 3.05) is 32.7 Å². The summed E-state index contributed by atoms with van der Waals surface area (Å²) in [7, 11) is 0. The molecule has 1 heterocycles. The lowest BCUT2D eigenvalue weighted by Gasteiger charge is -2.32. The van der Waals surface area contributed by atoms with E-state index in [1.807, 2.05) is 13.0 Å². The zero-order valence-corrected chi connectivity index (χ0v) is 17.2. The number of aliphatic imine (C=N–C) groups is 1. The maximum absolute atomic E-state index is 13.8. The molecule has 1 aromatic carbocycles. The van der Waals surface area contributed by atoms with Gasteiger partial charge in [-0.3, -0.25) is 9.89 Å². The lowest BCUT2D eigenvalue weighted by atomic mass is 10.1. The summed E-state index contributed by atoms with van der Waals surface area (Å²) >= 11 is 3.26. The summed E-state index contributed by atoms with van der Waals surface area (Å²) < 4.78 is 39.5. The highest BCUT2D eigenvalue weighted by atomic mass is 79.9. The Kier molecular flexibility index (Phi) is 9.41. The molecule has 1 aliphatic heterocycles. The smallest absolute Gasteiger partial charge is 0.251 e. The number of hydrogen-bond donors (Lipinski definition) is 2. The van der Waals surface area contributed by atoms with E-state index in [0.29, 0.717) is 31.6 Å². The molecule has 0 aliphatic carbocycles. The fourth-order valence-electron chi connectivity index (χ4n) is 3.15. The lowest BCUT2D eigenvalue weighted by Crippen LogP contribution is -2.49. The summed E-state index contributed by atoms with van der Waals surface area (Å²) in [6.07, 6.45) is 0.752. The number of nitrogens with one attached hydrogen (secondary N) is 2. The highest BCUT2D eigenvalue weighted by molar-refractivity contribution is 9.10. The third kappa shape index (κ3) is 8.09. The van der Waals surface area contributed by atoms with Gasteiger partial charge in [0.2, 0.25) is 0 Å². The van der Waals surface area contributed by atoms with Crippen LogP contribution in [0.3, 0.4) is 0 Å². The Morgan fingerprint density at radius 3 is 2.70 bits per heavy atom. The first-order chi connectivity index (χ1) is 13.0. The molecule has 0 unspecified atom stereocenters. The molecule has 4 nitrogen and oxygen atoms in total. The van der Waals surface area contributed by atoms with E-state index in [4.69, 9.17) is 0 Å². The van der Waals surface area contributed by atoms with Crippen molar-refractivity contribution in [3.05, 3.63) is 34.1 Å². The molecule has 0 spiro atoms. The highest BCUT2D eigenvalue weighted by Crippen LogP contribution is 2.16. The van der Waals surface area contributed by atoms with Crippen LogP contribution >= 0.6 is 15.9 Å². The Balaban J connectivity index is 1.77. The number of guanidine groups is 1. The number of hydrogen-bond acceptors (Lipinski definition) is 2. The van der Waals surface area contributed by atoms with Gasteiger partial charge in [-0.15, -0.1) is 0 Å². The van der Waals surface area contributed by atoms with E-state index in [-0.39, 0.29) is 18.4 Å². The maximum Gasteiger partial charge on any atom is 0.251 e. The van der Waals surface area contributed by atoms with Crippen molar-refractivity contribution < 1.29 is 13.2 Å². The molecule has 8 heteroatoms. The van der Waals surface area contributed by atoms with E-state index in [1.165, 1.54) is 6.07 Å². The predicted octanol–water partition coefficient (Wildman–Crippen LogP) is 3.81. The zero-order chi connectivity index (χ0) is 19.6. The molecule has 2 N–H and O–H groups in total. The van der Waals surface area contributed by atoms with Crippen LogP contribution in [0.15, 0.2) is 27.7 Å². The SMILES string of the molecule is CCNC(=NCCCc1ccc(Br)cc1F)NC1CCN(CC(F)F)CC1. The zero-order valence-electron chi connectivity index (χ0n) is 15.7. The number of nitrogens with zero attached hydrogens (tertiary/aromatic N) is 2. The fourth-order valence-corrected chi connectivity index (χ4v) is 3.49. The largest absolute Gasteiger partial charge is 0.357 e. The summed E-state index contributed by atoms with van der Waals surface area (Å²) in [5, 5.41) is 6.61. The number of benzene rings is 1. The first-order valence-corrected chi connectivity index (χ1v) is 10.3. The summed E-state index contributed by atoms with van der Waals surface area (Å²) in [4.78, 5) is 6.37. The quantitative estimate of drug-likeness (QED) is 0.360. The molecule has 0 bridgehead atoms. The second kappa shape index (κ2) is 11.5.